The van der Waals surface area contributed by atoms with E-state index in [1.807, 2.05) is 24.3 Å². The summed E-state index contributed by atoms with van der Waals surface area (Å²) in [4.78, 5) is 16.7. The fourth-order valence-electron chi connectivity index (χ4n) is 6.43. The number of nitrogens with one attached hydrogen (secondary N) is 2. The van der Waals surface area contributed by atoms with Gasteiger partial charge in [0.2, 0.25) is 6.23 Å². The van der Waals surface area contributed by atoms with E-state index in [4.69, 9.17) is 14.2 Å². The number of benzene rings is 1. The summed E-state index contributed by atoms with van der Waals surface area (Å²) in [5, 5.41) is 55.7. The number of carboxylic acids is 1. The van der Waals surface area contributed by atoms with Crippen molar-refractivity contribution in [2.45, 2.75) is 49.6 Å². The summed E-state index contributed by atoms with van der Waals surface area (Å²) in [6.07, 6.45) is -5.16. The molecule has 0 amide bonds. The van der Waals surface area contributed by atoms with Crippen molar-refractivity contribution >= 4 is 28.6 Å². The predicted octanol–water partition coefficient (Wildman–Crippen LogP) is -4.36. The maximum atomic E-state index is 12.3. The molecule has 5 heterocycles. The number of aromatic nitrogens is 1. The highest BCUT2D eigenvalue weighted by atomic mass is 16.8. The third-order valence-electron chi connectivity index (χ3n) is 8.28. The van der Waals surface area contributed by atoms with Gasteiger partial charge in [0.25, 0.3) is 0 Å². The zero-order valence-electron chi connectivity index (χ0n) is 19.9. The van der Waals surface area contributed by atoms with Gasteiger partial charge < -0.3 is 44.8 Å². The van der Waals surface area contributed by atoms with Gasteiger partial charge in [-0.25, -0.2) is 0 Å². The quantitative estimate of drug-likeness (QED) is 0.216. The summed E-state index contributed by atoms with van der Waals surface area (Å²) in [7, 11) is 0. The average molecular weight is 515 g/mol. The summed E-state index contributed by atoms with van der Waals surface area (Å²) < 4.78 is 17.7. The Kier molecular flexibility index (Phi) is 6.21. The molecule has 3 saturated heterocycles. The predicted molar refractivity (Wildman–Crippen MR) is 125 cm³/mol. The van der Waals surface area contributed by atoms with Crippen molar-refractivity contribution in [1.29, 1.82) is 0 Å². The molecule has 11 unspecified atom stereocenters. The van der Waals surface area contributed by atoms with Gasteiger partial charge in [0.05, 0.1) is 18.5 Å². The van der Waals surface area contributed by atoms with Crippen molar-refractivity contribution in [2.24, 2.45) is 17.8 Å². The molecule has 0 radical (unpaired) electrons. The van der Waals surface area contributed by atoms with Gasteiger partial charge in [-0.1, -0.05) is 24.3 Å². The molecule has 11 heteroatoms. The van der Waals surface area contributed by atoms with Crippen molar-refractivity contribution in [3.05, 3.63) is 47.5 Å². The summed E-state index contributed by atoms with van der Waals surface area (Å²) in [6, 6.07) is 7.99. The van der Waals surface area contributed by atoms with Crippen LogP contribution in [0.3, 0.4) is 0 Å². The van der Waals surface area contributed by atoms with Crippen LogP contribution in [0.5, 0.6) is 0 Å². The minimum atomic E-state index is -1.61. The molecular formula is C26H30N2O9. The normalized spacial score (nSPS) is 41.0. The summed E-state index contributed by atoms with van der Waals surface area (Å²) >= 11 is 0. The lowest BCUT2D eigenvalue weighted by molar-refractivity contribution is -0.893. The number of quaternary nitrogens is 1. The molecule has 37 heavy (non-hydrogen) atoms. The molecule has 11 nitrogen and oxygen atoms in total. The Balaban J connectivity index is 1.37. The number of aliphatic hydroxyl groups excluding tert-OH is 4. The first-order valence-electron chi connectivity index (χ1n) is 12.4. The molecule has 198 valence electrons. The first-order chi connectivity index (χ1) is 17.8. The van der Waals surface area contributed by atoms with Gasteiger partial charge in [-0.15, -0.1) is 6.58 Å². The van der Waals surface area contributed by atoms with Crippen molar-refractivity contribution in [2.75, 3.05) is 13.2 Å². The number of aromatic amines is 1. The number of hydrogen-bond donors (Lipinski definition) is 6. The Morgan fingerprint density at radius 1 is 1.19 bits per heavy atom. The molecule has 4 aliphatic heterocycles. The van der Waals surface area contributed by atoms with Crippen LogP contribution in [-0.4, -0.2) is 87.8 Å². The van der Waals surface area contributed by atoms with Crippen LogP contribution in [0.4, 0.5) is 0 Å². The van der Waals surface area contributed by atoms with Crippen LogP contribution in [-0.2, 0) is 19.0 Å². The molecule has 6 N–H and O–H groups in total. The highest BCUT2D eigenvalue weighted by Gasteiger charge is 2.57. The standard InChI is InChI=1S/C26H30N2O9/c1-2-11-14-9-16-19-13(12-5-3-4-6-15(12)27-19)7-8-28(16)23(18(14)24(33)34)36-25(11)37-26-22(32)21(31)20(30)17(10-29)35-26/h2-7,11,14,17-18,20-23,25-27,29-32H,1,8-10H2,(H,33,34). The summed E-state index contributed by atoms with van der Waals surface area (Å²) in [5.41, 5.74) is 2.01. The van der Waals surface area contributed by atoms with E-state index >= 15 is 0 Å². The SMILES string of the molecule is C=CC1C(OC2OC(CO)C(O)C(O)C2O)OC2C(C(=O)[O-])C1CC1=c3[nH]c4ccccc4c3=CC[NH+]12. The fraction of sp³-hybridized carbons (Fsp3) is 0.500. The van der Waals surface area contributed by atoms with E-state index in [1.54, 1.807) is 6.08 Å². The summed E-state index contributed by atoms with van der Waals surface area (Å²) in [6.45, 7) is 3.79. The van der Waals surface area contributed by atoms with E-state index < -0.39 is 73.6 Å². The number of fused-ring (bicyclic) bond motifs is 7. The highest BCUT2D eigenvalue weighted by molar-refractivity contribution is 5.82. The van der Waals surface area contributed by atoms with Crippen LogP contribution in [0.15, 0.2) is 36.9 Å². The number of carbonyl (C=O) groups excluding carboxylic acids is 1. The van der Waals surface area contributed by atoms with Crippen LogP contribution in [0, 0.1) is 17.8 Å². The summed E-state index contributed by atoms with van der Waals surface area (Å²) in [5.74, 6) is -3.25. The van der Waals surface area contributed by atoms with E-state index in [0.29, 0.717) is 13.0 Å². The Hall–Kier alpha value is -2.61. The number of aliphatic carboxylic acids is 1. The van der Waals surface area contributed by atoms with Crippen molar-refractivity contribution in [3.8, 4) is 0 Å². The number of para-hydroxylation sites is 1. The number of carboxylic acid groups (broad SMARTS) is 1. The number of aliphatic hydroxyl groups is 4. The topological polar surface area (TPSA) is 169 Å². The lowest BCUT2D eigenvalue weighted by atomic mass is 9.71. The van der Waals surface area contributed by atoms with Crippen LogP contribution >= 0.6 is 0 Å². The molecule has 2 bridgehead atoms. The third kappa shape index (κ3) is 3.77. The van der Waals surface area contributed by atoms with Gasteiger partial charge in [0.1, 0.15) is 42.0 Å². The second-order valence-corrected chi connectivity index (χ2v) is 10.2. The van der Waals surface area contributed by atoms with Crippen LogP contribution in [0.2, 0.25) is 0 Å². The molecule has 6 rings (SSSR count). The van der Waals surface area contributed by atoms with Gasteiger partial charge in [-0.05, 0) is 18.1 Å². The monoisotopic (exact) mass is 514 g/mol. The van der Waals surface area contributed by atoms with Crippen molar-refractivity contribution in [1.82, 2.24) is 4.98 Å². The maximum Gasteiger partial charge on any atom is 0.207 e. The molecular weight excluding hydrogens is 484 g/mol. The van der Waals surface area contributed by atoms with Gasteiger partial charge >= 0.3 is 0 Å². The number of piperidine rings is 1. The first kappa shape index (κ1) is 24.7. The minimum absolute atomic E-state index is 0.423. The second-order valence-electron chi connectivity index (χ2n) is 10.2. The molecule has 2 aromatic rings. The lowest BCUT2D eigenvalue weighted by Gasteiger charge is -2.52. The zero-order chi connectivity index (χ0) is 26.0. The van der Waals surface area contributed by atoms with Crippen LogP contribution in [0.25, 0.3) is 22.7 Å². The molecule has 3 fully saturated rings. The Bertz CT molecular complexity index is 1340. The van der Waals surface area contributed by atoms with Crippen LogP contribution < -0.4 is 20.6 Å². The van der Waals surface area contributed by atoms with Crippen molar-refractivity contribution in [3.63, 3.8) is 0 Å². The zero-order valence-corrected chi connectivity index (χ0v) is 19.9. The van der Waals surface area contributed by atoms with Gasteiger partial charge in [-0.3, -0.25) is 9.64 Å². The van der Waals surface area contributed by atoms with Gasteiger partial charge in [0.15, 0.2) is 12.6 Å². The lowest BCUT2D eigenvalue weighted by Crippen LogP contribution is -3.18. The van der Waals surface area contributed by atoms with E-state index in [-0.39, 0.29) is 0 Å². The number of hydrogen-bond acceptors (Lipinski definition) is 9. The maximum absolute atomic E-state index is 12.3. The number of ether oxygens (including phenoxy) is 3. The molecule has 0 spiro atoms. The molecule has 0 saturated carbocycles. The molecule has 1 aromatic carbocycles. The van der Waals surface area contributed by atoms with Crippen molar-refractivity contribution < 1.29 is 49.4 Å². The van der Waals surface area contributed by atoms with Gasteiger partial charge in [-0.2, -0.15) is 0 Å². The number of rotatable bonds is 5. The van der Waals surface area contributed by atoms with Crippen LogP contribution in [0.1, 0.15) is 6.42 Å². The Morgan fingerprint density at radius 2 is 1.97 bits per heavy atom. The van der Waals surface area contributed by atoms with E-state index in [9.17, 15) is 30.3 Å². The number of carbonyl (C=O) groups is 1. The Morgan fingerprint density at radius 3 is 2.70 bits per heavy atom. The fourth-order valence-corrected chi connectivity index (χ4v) is 6.43. The van der Waals surface area contributed by atoms with Gasteiger partial charge in [0, 0.05) is 28.5 Å². The number of H-pyrrole nitrogens is 1. The van der Waals surface area contributed by atoms with E-state index in [2.05, 4.69) is 17.6 Å². The molecule has 11 atom stereocenters. The first-order valence-corrected chi connectivity index (χ1v) is 12.4. The Labute approximate surface area is 211 Å². The second kappa shape index (κ2) is 9.29. The molecule has 0 aliphatic carbocycles. The van der Waals surface area contributed by atoms with E-state index in [0.717, 1.165) is 32.1 Å². The highest BCUT2D eigenvalue weighted by Crippen LogP contribution is 2.42. The minimum Gasteiger partial charge on any atom is -0.549 e. The molecule has 4 aliphatic rings. The molecule has 1 aromatic heterocycles. The average Bonchev–Trinajstić information content (AvgIpc) is 3.28. The largest absolute Gasteiger partial charge is 0.549 e. The third-order valence-corrected chi connectivity index (χ3v) is 8.28. The van der Waals surface area contributed by atoms with E-state index in [1.165, 1.54) is 0 Å². The smallest absolute Gasteiger partial charge is 0.207 e.